The van der Waals surface area contributed by atoms with Crippen LogP contribution in [0.4, 0.5) is 0 Å². The fourth-order valence-electron chi connectivity index (χ4n) is 3.38. The van der Waals surface area contributed by atoms with Crippen molar-refractivity contribution in [2.45, 2.75) is 47.2 Å². The van der Waals surface area contributed by atoms with Crippen LogP contribution in [0.1, 0.15) is 53.0 Å². The SMILES string of the molecule is Cc1noc(C)c1CN1CCN(C(=O)c2cnn(C(C)C)c2C)CC1. The zero-order valence-electron chi connectivity index (χ0n) is 15.7. The summed E-state index contributed by atoms with van der Waals surface area (Å²) in [6.07, 6.45) is 1.70. The Kier molecular flexibility index (Phi) is 4.94. The molecule has 0 aliphatic carbocycles. The van der Waals surface area contributed by atoms with Gasteiger partial charge in [-0.25, -0.2) is 0 Å². The summed E-state index contributed by atoms with van der Waals surface area (Å²) in [5, 5.41) is 8.37. The Balaban J connectivity index is 1.61. The predicted molar refractivity (Wildman–Crippen MR) is 94.5 cm³/mol. The van der Waals surface area contributed by atoms with Gasteiger partial charge in [0, 0.05) is 50.0 Å². The minimum absolute atomic E-state index is 0.0846. The monoisotopic (exact) mass is 345 g/mol. The van der Waals surface area contributed by atoms with Crippen molar-refractivity contribution in [1.29, 1.82) is 0 Å². The minimum Gasteiger partial charge on any atom is -0.361 e. The summed E-state index contributed by atoms with van der Waals surface area (Å²) in [6.45, 7) is 14.0. The highest BCUT2D eigenvalue weighted by Gasteiger charge is 2.26. The summed E-state index contributed by atoms with van der Waals surface area (Å²) >= 11 is 0. The van der Waals surface area contributed by atoms with Crippen LogP contribution in [-0.4, -0.2) is 56.8 Å². The molecule has 1 saturated heterocycles. The summed E-state index contributed by atoms with van der Waals surface area (Å²) in [6, 6.07) is 0.258. The molecule has 0 atom stereocenters. The van der Waals surface area contributed by atoms with E-state index in [0.29, 0.717) is 5.56 Å². The molecule has 0 aromatic carbocycles. The molecule has 0 unspecified atom stereocenters. The molecule has 7 heteroatoms. The van der Waals surface area contributed by atoms with E-state index >= 15 is 0 Å². The van der Waals surface area contributed by atoms with E-state index in [1.807, 2.05) is 30.4 Å². The third kappa shape index (κ3) is 3.46. The van der Waals surface area contributed by atoms with Crippen LogP contribution in [-0.2, 0) is 6.54 Å². The molecule has 2 aromatic rings. The van der Waals surface area contributed by atoms with Crippen LogP contribution >= 0.6 is 0 Å². The average Bonchev–Trinajstić information content (AvgIpc) is 3.12. The first-order valence-electron chi connectivity index (χ1n) is 8.86. The lowest BCUT2D eigenvalue weighted by atomic mass is 10.1. The maximum Gasteiger partial charge on any atom is 0.257 e. The number of carbonyl (C=O) groups is 1. The minimum atomic E-state index is 0.0846. The smallest absolute Gasteiger partial charge is 0.257 e. The number of amides is 1. The lowest BCUT2D eigenvalue weighted by Crippen LogP contribution is -2.48. The van der Waals surface area contributed by atoms with Crippen LogP contribution in [0.3, 0.4) is 0 Å². The lowest BCUT2D eigenvalue weighted by Gasteiger charge is -2.34. The Morgan fingerprint density at radius 2 is 1.88 bits per heavy atom. The van der Waals surface area contributed by atoms with Crippen LogP contribution in [0.15, 0.2) is 10.7 Å². The van der Waals surface area contributed by atoms with Crippen molar-refractivity contribution in [3.63, 3.8) is 0 Å². The Labute approximate surface area is 148 Å². The molecular weight excluding hydrogens is 318 g/mol. The van der Waals surface area contributed by atoms with E-state index in [1.54, 1.807) is 6.20 Å². The number of aryl methyl sites for hydroxylation is 2. The zero-order valence-corrected chi connectivity index (χ0v) is 15.7. The van der Waals surface area contributed by atoms with E-state index in [0.717, 1.165) is 55.4 Å². The number of nitrogens with zero attached hydrogens (tertiary/aromatic N) is 5. The molecule has 136 valence electrons. The van der Waals surface area contributed by atoms with Gasteiger partial charge in [-0.2, -0.15) is 5.10 Å². The second kappa shape index (κ2) is 7.00. The fraction of sp³-hybridized carbons (Fsp3) is 0.611. The van der Waals surface area contributed by atoms with Crippen molar-refractivity contribution in [3.05, 3.63) is 34.5 Å². The lowest BCUT2D eigenvalue weighted by molar-refractivity contribution is 0.0626. The molecular formula is C18H27N5O2. The fourth-order valence-corrected chi connectivity index (χ4v) is 3.38. The van der Waals surface area contributed by atoms with Crippen LogP contribution < -0.4 is 0 Å². The second-order valence-corrected chi connectivity index (χ2v) is 7.05. The van der Waals surface area contributed by atoms with Gasteiger partial charge in [-0.15, -0.1) is 0 Å². The molecule has 3 heterocycles. The van der Waals surface area contributed by atoms with E-state index in [2.05, 4.69) is 29.0 Å². The molecule has 2 aromatic heterocycles. The highest BCUT2D eigenvalue weighted by Crippen LogP contribution is 2.18. The van der Waals surface area contributed by atoms with Gasteiger partial charge < -0.3 is 9.42 Å². The highest BCUT2D eigenvalue weighted by atomic mass is 16.5. The summed E-state index contributed by atoms with van der Waals surface area (Å²) in [7, 11) is 0. The maximum atomic E-state index is 12.8. The number of hydrogen-bond acceptors (Lipinski definition) is 5. The Bertz CT molecular complexity index is 734. The number of piperazine rings is 1. The zero-order chi connectivity index (χ0) is 18.1. The molecule has 1 aliphatic rings. The van der Waals surface area contributed by atoms with Crippen molar-refractivity contribution >= 4 is 5.91 Å². The predicted octanol–water partition coefficient (Wildman–Crippen LogP) is 2.34. The Morgan fingerprint density at radius 3 is 2.40 bits per heavy atom. The van der Waals surface area contributed by atoms with E-state index in [4.69, 9.17) is 4.52 Å². The summed E-state index contributed by atoms with van der Waals surface area (Å²) < 4.78 is 7.14. The average molecular weight is 345 g/mol. The molecule has 1 aliphatic heterocycles. The quantitative estimate of drug-likeness (QED) is 0.851. The number of hydrogen-bond donors (Lipinski definition) is 0. The summed E-state index contributed by atoms with van der Waals surface area (Å²) in [5.74, 6) is 0.967. The molecule has 7 nitrogen and oxygen atoms in total. The first kappa shape index (κ1) is 17.7. The Hall–Kier alpha value is -2.15. The van der Waals surface area contributed by atoms with Gasteiger partial charge in [0.15, 0.2) is 0 Å². The van der Waals surface area contributed by atoms with E-state index in [9.17, 15) is 4.79 Å². The van der Waals surface area contributed by atoms with Crippen molar-refractivity contribution in [2.75, 3.05) is 26.2 Å². The molecule has 1 amide bonds. The molecule has 1 fully saturated rings. The van der Waals surface area contributed by atoms with Crippen molar-refractivity contribution in [3.8, 4) is 0 Å². The van der Waals surface area contributed by atoms with Crippen molar-refractivity contribution in [2.24, 2.45) is 0 Å². The first-order chi connectivity index (χ1) is 11.9. The summed E-state index contributed by atoms with van der Waals surface area (Å²) in [5.41, 5.74) is 3.77. The van der Waals surface area contributed by atoms with Gasteiger partial charge in [0.1, 0.15) is 5.76 Å². The van der Waals surface area contributed by atoms with Gasteiger partial charge in [0.2, 0.25) is 0 Å². The number of aromatic nitrogens is 3. The molecule has 0 N–H and O–H groups in total. The van der Waals surface area contributed by atoms with Crippen LogP contribution in [0, 0.1) is 20.8 Å². The molecule has 3 rings (SSSR count). The molecule has 0 spiro atoms. The first-order valence-corrected chi connectivity index (χ1v) is 8.86. The van der Waals surface area contributed by atoms with Gasteiger partial charge in [0.05, 0.1) is 17.5 Å². The van der Waals surface area contributed by atoms with Crippen molar-refractivity contribution < 1.29 is 9.32 Å². The molecule has 25 heavy (non-hydrogen) atoms. The standard InChI is InChI=1S/C18H27N5O2/c1-12(2)23-14(4)16(10-19-23)18(24)22-8-6-21(7-9-22)11-17-13(3)20-25-15(17)5/h10,12H,6-9,11H2,1-5H3. The third-order valence-corrected chi connectivity index (χ3v) is 4.99. The van der Waals surface area contributed by atoms with E-state index in [1.165, 1.54) is 0 Å². The number of carbonyl (C=O) groups excluding carboxylic acids is 1. The van der Waals surface area contributed by atoms with Crippen LogP contribution in [0.2, 0.25) is 0 Å². The van der Waals surface area contributed by atoms with Gasteiger partial charge in [-0.1, -0.05) is 5.16 Å². The third-order valence-electron chi connectivity index (χ3n) is 4.99. The van der Waals surface area contributed by atoms with Gasteiger partial charge in [-0.3, -0.25) is 14.4 Å². The van der Waals surface area contributed by atoms with Crippen LogP contribution in [0.5, 0.6) is 0 Å². The molecule has 0 radical (unpaired) electrons. The largest absolute Gasteiger partial charge is 0.361 e. The van der Waals surface area contributed by atoms with Crippen LogP contribution in [0.25, 0.3) is 0 Å². The van der Waals surface area contributed by atoms with Gasteiger partial charge in [0.25, 0.3) is 5.91 Å². The number of rotatable bonds is 4. The molecule has 0 bridgehead atoms. The van der Waals surface area contributed by atoms with Crippen molar-refractivity contribution in [1.82, 2.24) is 24.7 Å². The maximum absolute atomic E-state index is 12.8. The van der Waals surface area contributed by atoms with E-state index in [-0.39, 0.29) is 11.9 Å². The molecule has 0 saturated carbocycles. The second-order valence-electron chi connectivity index (χ2n) is 7.05. The highest BCUT2D eigenvalue weighted by molar-refractivity contribution is 5.95. The Morgan fingerprint density at radius 1 is 1.20 bits per heavy atom. The van der Waals surface area contributed by atoms with E-state index < -0.39 is 0 Å². The van der Waals surface area contributed by atoms with Gasteiger partial charge in [-0.05, 0) is 34.6 Å². The van der Waals surface area contributed by atoms with Gasteiger partial charge >= 0.3 is 0 Å². The normalized spacial score (nSPS) is 16.0. The summed E-state index contributed by atoms with van der Waals surface area (Å²) in [4.78, 5) is 17.1. The topological polar surface area (TPSA) is 67.4 Å².